The van der Waals surface area contributed by atoms with Crippen LogP contribution in [0.15, 0.2) is 84.9 Å². The summed E-state index contributed by atoms with van der Waals surface area (Å²) < 4.78 is 61.7. The zero-order chi connectivity index (χ0) is 30.7. The molecule has 0 unspecified atom stereocenters. The number of urea groups is 1. The van der Waals surface area contributed by atoms with Crippen molar-refractivity contribution < 1.29 is 41.7 Å². The number of ether oxygens (including phenoxy) is 2. The first kappa shape index (κ1) is 29.9. The van der Waals surface area contributed by atoms with Gasteiger partial charge in [-0.2, -0.15) is 0 Å². The molecule has 0 aromatic heterocycles. The van der Waals surface area contributed by atoms with Crippen LogP contribution in [0.25, 0.3) is 11.1 Å². The fraction of sp³-hybridized carbons (Fsp3) is 0.161. The Morgan fingerprint density at radius 3 is 2.12 bits per heavy atom. The van der Waals surface area contributed by atoms with Crippen molar-refractivity contribution in [3.63, 3.8) is 0 Å². The van der Waals surface area contributed by atoms with Crippen molar-refractivity contribution in [2.75, 3.05) is 10.6 Å². The number of nitrogens with one attached hydrogen (secondary N) is 2. The summed E-state index contributed by atoms with van der Waals surface area (Å²) >= 11 is 0. The fourth-order valence-electron chi connectivity index (χ4n) is 4.09. The molecule has 0 bridgehead atoms. The van der Waals surface area contributed by atoms with E-state index in [9.17, 15) is 32.3 Å². The summed E-state index contributed by atoms with van der Waals surface area (Å²) in [5.41, 5.74) is 1.33. The quantitative estimate of drug-likeness (QED) is 0.189. The van der Waals surface area contributed by atoms with Gasteiger partial charge in [-0.1, -0.05) is 45.0 Å². The molecule has 0 saturated heterocycles. The third kappa shape index (κ3) is 7.78. The van der Waals surface area contributed by atoms with Gasteiger partial charge >= 0.3 is 18.4 Å². The van der Waals surface area contributed by atoms with E-state index in [0.29, 0.717) is 11.3 Å². The minimum Gasteiger partial charge on any atom is -0.478 e. The molecule has 11 heteroatoms. The van der Waals surface area contributed by atoms with Gasteiger partial charge in [0.25, 0.3) is 0 Å². The van der Waals surface area contributed by atoms with Crippen molar-refractivity contribution in [2.24, 2.45) is 0 Å². The molecule has 0 aliphatic heterocycles. The molecule has 7 nitrogen and oxygen atoms in total. The lowest BCUT2D eigenvalue weighted by atomic mass is 9.86. The Labute approximate surface area is 238 Å². The number of amides is 2. The molecule has 4 rings (SSSR count). The summed E-state index contributed by atoms with van der Waals surface area (Å²) in [5, 5.41) is 14.5. The lowest BCUT2D eigenvalue weighted by Crippen LogP contribution is -2.20. The van der Waals surface area contributed by atoms with Gasteiger partial charge in [0, 0.05) is 11.3 Å². The maximum absolute atomic E-state index is 14.2. The number of carbonyl (C=O) groups excluding carboxylic acids is 1. The van der Waals surface area contributed by atoms with Crippen molar-refractivity contribution in [3.05, 3.63) is 102 Å². The largest absolute Gasteiger partial charge is 0.573 e. The molecule has 0 fully saturated rings. The Kier molecular flexibility index (Phi) is 8.41. The number of carboxylic acids is 1. The molecule has 0 heterocycles. The van der Waals surface area contributed by atoms with Gasteiger partial charge in [-0.3, -0.25) is 0 Å². The van der Waals surface area contributed by atoms with Crippen LogP contribution in [-0.2, 0) is 5.41 Å². The number of anilines is 2. The number of carboxylic acid groups (broad SMARTS) is 1. The van der Waals surface area contributed by atoms with Crippen LogP contribution in [0.1, 0.15) is 36.7 Å². The highest BCUT2D eigenvalue weighted by Gasteiger charge is 2.31. The van der Waals surface area contributed by atoms with Gasteiger partial charge in [0.15, 0.2) is 5.75 Å². The monoisotopic (exact) mass is 582 g/mol. The van der Waals surface area contributed by atoms with Crippen LogP contribution in [0.3, 0.4) is 0 Å². The van der Waals surface area contributed by atoms with Crippen LogP contribution in [0, 0.1) is 5.82 Å². The van der Waals surface area contributed by atoms with E-state index in [1.165, 1.54) is 24.3 Å². The molecule has 0 saturated carbocycles. The van der Waals surface area contributed by atoms with Crippen molar-refractivity contribution in [2.45, 2.75) is 32.5 Å². The zero-order valence-corrected chi connectivity index (χ0v) is 22.7. The number of alkyl halides is 3. The van der Waals surface area contributed by atoms with Crippen LogP contribution >= 0.6 is 0 Å². The van der Waals surface area contributed by atoms with E-state index in [1.54, 1.807) is 24.3 Å². The summed E-state index contributed by atoms with van der Waals surface area (Å²) in [7, 11) is 0. The van der Waals surface area contributed by atoms with Gasteiger partial charge in [-0.15, -0.1) is 13.2 Å². The van der Waals surface area contributed by atoms with E-state index < -0.39 is 29.9 Å². The highest BCUT2D eigenvalue weighted by atomic mass is 19.4. The molecule has 0 aliphatic carbocycles. The van der Waals surface area contributed by atoms with Crippen molar-refractivity contribution in [3.8, 4) is 28.4 Å². The van der Waals surface area contributed by atoms with Gasteiger partial charge < -0.3 is 25.2 Å². The summed E-state index contributed by atoms with van der Waals surface area (Å²) in [4.78, 5) is 24.4. The first-order valence-corrected chi connectivity index (χ1v) is 12.6. The number of hydrogen-bond acceptors (Lipinski definition) is 4. The summed E-state index contributed by atoms with van der Waals surface area (Å²) in [6.07, 6.45) is -4.85. The van der Waals surface area contributed by atoms with Crippen LogP contribution in [0.4, 0.5) is 33.7 Å². The number of benzene rings is 4. The number of carbonyl (C=O) groups is 2. The molecule has 2 amide bonds. The predicted octanol–water partition coefficient (Wildman–Crippen LogP) is 8.82. The lowest BCUT2D eigenvalue weighted by Gasteiger charge is -2.23. The molecular formula is C31H26F4N2O5. The Hall–Kier alpha value is -5.06. The second-order valence-corrected chi connectivity index (χ2v) is 10.2. The Morgan fingerprint density at radius 1 is 0.786 bits per heavy atom. The standard InChI is InChI=1S/C31H26F4N2O5/c1-30(2,3)24-6-4-5-7-26(24)41-27-13-8-18(19-14-20(28(38)39)16-21(32)15-19)17-25(27)37-29(40)36-22-9-11-23(12-10-22)42-31(33,34)35/h4-17H,1-3H3,(H,38,39)(H2,36,37,40). The number of para-hydroxylation sites is 1. The minimum absolute atomic E-state index is 0.159. The van der Waals surface area contributed by atoms with Gasteiger partial charge in [-0.05, 0) is 77.2 Å². The highest BCUT2D eigenvalue weighted by Crippen LogP contribution is 2.38. The molecule has 0 radical (unpaired) electrons. The van der Waals surface area contributed by atoms with Gasteiger partial charge in [0.2, 0.25) is 0 Å². The highest BCUT2D eigenvalue weighted by molar-refractivity contribution is 6.01. The molecular weight excluding hydrogens is 556 g/mol. The van der Waals surface area contributed by atoms with Crippen LogP contribution in [0.5, 0.6) is 17.2 Å². The maximum Gasteiger partial charge on any atom is 0.573 e. The summed E-state index contributed by atoms with van der Waals surface area (Å²) in [6.45, 7) is 6.04. The maximum atomic E-state index is 14.2. The molecule has 0 atom stereocenters. The molecule has 4 aromatic carbocycles. The van der Waals surface area contributed by atoms with E-state index in [0.717, 1.165) is 29.8 Å². The van der Waals surface area contributed by atoms with Crippen molar-refractivity contribution in [1.29, 1.82) is 0 Å². The molecule has 0 spiro atoms. The van der Waals surface area contributed by atoms with E-state index in [1.807, 2.05) is 32.9 Å². The van der Waals surface area contributed by atoms with E-state index in [-0.39, 0.29) is 33.7 Å². The topological polar surface area (TPSA) is 96.9 Å². The molecule has 42 heavy (non-hydrogen) atoms. The van der Waals surface area contributed by atoms with Gasteiger partial charge in [-0.25, -0.2) is 14.0 Å². The summed E-state index contributed by atoms with van der Waals surface area (Å²) in [6, 6.07) is 19.1. The SMILES string of the molecule is CC(C)(C)c1ccccc1Oc1ccc(-c2cc(F)cc(C(=O)O)c2)cc1NC(=O)Nc1ccc(OC(F)(F)F)cc1. The normalized spacial score (nSPS) is 11.5. The molecule has 0 aliphatic rings. The van der Waals surface area contributed by atoms with E-state index in [4.69, 9.17) is 4.74 Å². The average Bonchev–Trinajstić information content (AvgIpc) is 2.89. The third-order valence-electron chi connectivity index (χ3n) is 5.97. The number of hydrogen-bond donors (Lipinski definition) is 3. The first-order chi connectivity index (χ1) is 19.7. The van der Waals surface area contributed by atoms with Crippen molar-refractivity contribution in [1.82, 2.24) is 0 Å². The van der Waals surface area contributed by atoms with Crippen molar-refractivity contribution >= 4 is 23.4 Å². The molecule has 218 valence electrons. The second kappa shape index (κ2) is 11.8. The molecule has 4 aromatic rings. The van der Waals surface area contributed by atoms with E-state index in [2.05, 4.69) is 15.4 Å². The average molecular weight is 583 g/mol. The first-order valence-electron chi connectivity index (χ1n) is 12.6. The second-order valence-electron chi connectivity index (χ2n) is 10.2. The van der Waals surface area contributed by atoms with Gasteiger partial charge in [0.1, 0.15) is 17.3 Å². The third-order valence-corrected chi connectivity index (χ3v) is 5.97. The fourth-order valence-corrected chi connectivity index (χ4v) is 4.09. The van der Waals surface area contributed by atoms with Crippen LogP contribution in [0.2, 0.25) is 0 Å². The lowest BCUT2D eigenvalue weighted by molar-refractivity contribution is -0.274. The smallest absolute Gasteiger partial charge is 0.478 e. The van der Waals surface area contributed by atoms with Gasteiger partial charge in [0.05, 0.1) is 11.3 Å². The number of aromatic carboxylic acids is 1. The summed E-state index contributed by atoms with van der Waals surface area (Å²) in [5.74, 6) is -1.76. The zero-order valence-electron chi connectivity index (χ0n) is 22.7. The number of rotatable bonds is 7. The van der Waals surface area contributed by atoms with Crippen LogP contribution in [-0.4, -0.2) is 23.5 Å². The molecule has 3 N–H and O–H groups in total. The Bertz CT molecular complexity index is 1610. The number of halogens is 4. The predicted molar refractivity (Wildman–Crippen MR) is 150 cm³/mol. The Morgan fingerprint density at radius 2 is 1.48 bits per heavy atom. The van der Waals surface area contributed by atoms with Crippen LogP contribution < -0.4 is 20.1 Å². The van der Waals surface area contributed by atoms with E-state index >= 15 is 0 Å². The Balaban J connectivity index is 1.68. The minimum atomic E-state index is -4.85.